The van der Waals surface area contributed by atoms with Gasteiger partial charge in [-0.2, -0.15) is 0 Å². The van der Waals surface area contributed by atoms with Crippen LogP contribution >= 0.6 is 27.7 Å². The second kappa shape index (κ2) is 7.11. The summed E-state index contributed by atoms with van der Waals surface area (Å²) in [6.45, 7) is 3.47. The number of hydrogen-bond donors (Lipinski definition) is 2. The van der Waals surface area contributed by atoms with Crippen LogP contribution in [0.3, 0.4) is 0 Å². The fraction of sp³-hybridized carbons (Fsp3) is 0.188. The first kappa shape index (κ1) is 16.1. The van der Waals surface area contributed by atoms with E-state index >= 15 is 0 Å². The molecule has 110 valence electrons. The molecule has 0 spiro atoms. The molecule has 0 unspecified atom stereocenters. The third kappa shape index (κ3) is 4.59. The number of benzene rings is 2. The zero-order chi connectivity index (χ0) is 15.4. The SMILES string of the molecule is CC(=O)Nc1ccc(Sc2ccc([C@@H](C)N)cc2Br)cc1. The molecule has 1 amide bonds. The molecule has 0 aliphatic carbocycles. The van der Waals surface area contributed by atoms with Crippen LogP contribution in [0.4, 0.5) is 5.69 Å². The normalized spacial score (nSPS) is 12.0. The highest BCUT2D eigenvalue weighted by Gasteiger charge is 2.06. The average Bonchev–Trinajstić information content (AvgIpc) is 2.42. The van der Waals surface area contributed by atoms with Crippen LogP contribution in [-0.2, 0) is 4.79 Å². The van der Waals surface area contributed by atoms with Gasteiger partial charge in [-0.15, -0.1) is 0 Å². The molecule has 0 radical (unpaired) electrons. The van der Waals surface area contributed by atoms with E-state index in [1.54, 1.807) is 11.8 Å². The third-order valence-corrected chi connectivity index (χ3v) is 4.89. The summed E-state index contributed by atoms with van der Waals surface area (Å²) in [6, 6.07) is 14.0. The largest absolute Gasteiger partial charge is 0.326 e. The summed E-state index contributed by atoms with van der Waals surface area (Å²) in [5, 5.41) is 2.76. The van der Waals surface area contributed by atoms with E-state index in [1.807, 2.05) is 37.3 Å². The molecule has 0 bridgehead atoms. The van der Waals surface area contributed by atoms with E-state index in [0.717, 1.165) is 25.5 Å². The zero-order valence-corrected chi connectivity index (χ0v) is 14.3. The topological polar surface area (TPSA) is 55.1 Å². The number of anilines is 1. The number of carbonyl (C=O) groups excluding carboxylic acids is 1. The van der Waals surface area contributed by atoms with Crippen molar-refractivity contribution in [3.63, 3.8) is 0 Å². The highest BCUT2D eigenvalue weighted by Crippen LogP contribution is 2.35. The Morgan fingerprint density at radius 1 is 1.24 bits per heavy atom. The van der Waals surface area contributed by atoms with Crippen molar-refractivity contribution >= 4 is 39.3 Å². The zero-order valence-electron chi connectivity index (χ0n) is 11.9. The molecular formula is C16H17BrN2OS. The summed E-state index contributed by atoms with van der Waals surface area (Å²) in [6.07, 6.45) is 0. The number of nitrogens with two attached hydrogens (primary N) is 1. The highest BCUT2D eigenvalue weighted by atomic mass is 79.9. The lowest BCUT2D eigenvalue weighted by Crippen LogP contribution is -2.05. The lowest BCUT2D eigenvalue weighted by Gasteiger charge is -2.10. The minimum absolute atomic E-state index is 0.0253. The van der Waals surface area contributed by atoms with Crippen LogP contribution in [0.15, 0.2) is 56.7 Å². The maximum absolute atomic E-state index is 11.0. The number of halogens is 1. The maximum Gasteiger partial charge on any atom is 0.221 e. The minimum atomic E-state index is -0.0651. The van der Waals surface area contributed by atoms with Gasteiger partial charge in [0.2, 0.25) is 5.91 Å². The van der Waals surface area contributed by atoms with Crippen LogP contribution in [0.2, 0.25) is 0 Å². The molecular weight excluding hydrogens is 348 g/mol. The van der Waals surface area contributed by atoms with E-state index in [2.05, 4.69) is 33.4 Å². The Kier molecular flexibility index (Phi) is 5.45. The molecule has 0 aliphatic rings. The molecule has 0 fully saturated rings. The van der Waals surface area contributed by atoms with Crippen molar-refractivity contribution in [2.45, 2.75) is 29.7 Å². The van der Waals surface area contributed by atoms with Gasteiger partial charge in [0.25, 0.3) is 0 Å². The molecule has 21 heavy (non-hydrogen) atoms. The van der Waals surface area contributed by atoms with Crippen molar-refractivity contribution in [2.75, 3.05) is 5.32 Å². The monoisotopic (exact) mass is 364 g/mol. The van der Waals surface area contributed by atoms with Gasteiger partial charge in [0.1, 0.15) is 0 Å². The number of nitrogens with one attached hydrogen (secondary N) is 1. The van der Waals surface area contributed by atoms with E-state index in [-0.39, 0.29) is 11.9 Å². The Bertz CT molecular complexity index is 641. The number of rotatable bonds is 4. The van der Waals surface area contributed by atoms with Crippen LogP contribution in [0.1, 0.15) is 25.5 Å². The lowest BCUT2D eigenvalue weighted by atomic mass is 10.1. The van der Waals surface area contributed by atoms with Gasteiger partial charge in [-0.3, -0.25) is 4.79 Å². The Balaban J connectivity index is 2.13. The average molecular weight is 365 g/mol. The van der Waals surface area contributed by atoms with Crippen LogP contribution < -0.4 is 11.1 Å². The molecule has 0 aliphatic heterocycles. The van der Waals surface area contributed by atoms with Crippen LogP contribution in [0, 0.1) is 0 Å². The quantitative estimate of drug-likeness (QED) is 0.834. The maximum atomic E-state index is 11.0. The molecule has 5 heteroatoms. The van der Waals surface area contributed by atoms with Gasteiger partial charge in [-0.1, -0.05) is 17.8 Å². The van der Waals surface area contributed by atoms with E-state index in [1.165, 1.54) is 6.92 Å². The lowest BCUT2D eigenvalue weighted by molar-refractivity contribution is -0.114. The summed E-state index contributed by atoms with van der Waals surface area (Å²) >= 11 is 5.25. The van der Waals surface area contributed by atoms with Gasteiger partial charge >= 0.3 is 0 Å². The summed E-state index contributed by atoms with van der Waals surface area (Å²) < 4.78 is 1.04. The highest BCUT2D eigenvalue weighted by molar-refractivity contribution is 9.10. The van der Waals surface area contributed by atoms with Crippen molar-refractivity contribution in [3.8, 4) is 0 Å². The molecule has 0 heterocycles. The van der Waals surface area contributed by atoms with Gasteiger partial charge in [0.15, 0.2) is 0 Å². The third-order valence-electron chi connectivity index (χ3n) is 2.88. The predicted octanol–water partition coefficient (Wildman–Crippen LogP) is 4.58. The minimum Gasteiger partial charge on any atom is -0.326 e. The standard InChI is InChI=1S/C16H17BrN2OS/c1-10(18)12-3-8-16(15(17)9-12)21-14-6-4-13(5-7-14)19-11(2)20/h3-10H,18H2,1-2H3,(H,19,20)/t10-/m1/s1. The molecule has 0 saturated carbocycles. The van der Waals surface area contributed by atoms with Crippen molar-refractivity contribution in [2.24, 2.45) is 5.73 Å². The van der Waals surface area contributed by atoms with Crippen molar-refractivity contribution in [1.29, 1.82) is 0 Å². The summed E-state index contributed by atoms with van der Waals surface area (Å²) in [7, 11) is 0. The number of hydrogen-bond acceptors (Lipinski definition) is 3. The van der Waals surface area contributed by atoms with Gasteiger partial charge in [-0.25, -0.2) is 0 Å². The molecule has 3 N–H and O–H groups in total. The molecule has 3 nitrogen and oxygen atoms in total. The summed E-state index contributed by atoms with van der Waals surface area (Å²) in [5.41, 5.74) is 7.79. The first-order valence-corrected chi connectivity index (χ1v) is 8.17. The molecule has 1 atom stereocenters. The fourth-order valence-electron chi connectivity index (χ4n) is 1.82. The van der Waals surface area contributed by atoms with Crippen LogP contribution in [-0.4, -0.2) is 5.91 Å². The number of carbonyl (C=O) groups is 1. The van der Waals surface area contributed by atoms with Gasteiger partial charge < -0.3 is 11.1 Å². The summed E-state index contributed by atoms with van der Waals surface area (Å²) in [5.74, 6) is -0.0651. The Morgan fingerprint density at radius 3 is 2.43 bits per heavy atom. The van der Waals surface area contributed by atoms with Gasteiger partial charge in [-0.05, 0) is 64.8 Å². The fourth-order valence-corrected chi connectivity index (χ4v) is 3.28. The van der Waals surface area contributed by atoms with E-state index < -0.39 is 0 Å². The van der Waals surface area contributed by atoms with E-state index in [4.69, 9.17) is 5.73 Å². The summed E-state index contributed by atoms with van der Waals surface area (Å²) in [4.78, 5) is 13.2. The number of amides is 1. The van der Waals surface area contributed by atoms with Crippen molar-refractivity contribution < 1.29 is 4.79 Å². The van der Waals surface area contributed by atoms with Crippen LogP contribution in [0.25, 0.3) is 0 Å². The second-order valence-corrected chi connectivity index (χ2v) is 6.76. The van der Waals surface area contributed by atoms with E-state index in [9.17, 15) is 4.79 Å². The molecule has 2 rings (SSSR count). The van der Waals surface area contributed by atoms with Gasteiger partial charge in [0, 0.05) is 32.9 Å². The van der Waals surface area contributed by atoms with E-state index in [0.29, 0.717) is 0 Å². The molecule has 2 aromatic rings. The van der Waals surface area contributed by atoms with Gasteiger partial charge in [0.05, 0.1) is 0 Å². The second-order valence-electron chi connectivity index (χ2n) is 4.79. The molecule has 0 saturated heterocycles. The smallest absolute Gasteiger partial charge is 0.221 e. The predicted molar refractivity (Wildman–Crippen MR) is 91.6 cm³/mol. The molecule has 2 aromatic carbocycles. The molecule has 0 aromatic heterocycles. The first-order valence-electron chi connectivity index (χ1n) is 6.56. The van der Waals surface area contributed by atoms with Crippen molar-refractivity contribution in [1.82, 2.24) is 0 Å². The Hall–Kier alpha value is -1.30. The first-order chi connectivity index (χ1) is 9.95. The Labute approximate surface area is 137 Å². The van der Waals surface area contributed by atoms with Crippen LogP contribution in [0.5, 0.6) is 0 Å². The van der Waals surface area contributed by atoms with Crippen molar-refractivity contribution in [3.05, 3.63) is 52.5 Å². The Morgan fingerprint density at radius 2 is 1.90 bits per heavy atom.